The number of halogens is 1. The summed E-state index contributed by atoms with van der Waals surface area (Å²) in [6.45, 7) is 4.16. The zero-order chi connectivity index (χ0) is 11.4. The Morgan fingerprint density at radius 2 is 2.19 bits per heavy atom. The van der Waals surface area contributed by atoms with Crippen molar-refractivity contribution >= 4 is 17.4 Å². The smallest absolute Gasteiger partial charge is 0.148 e. The number of hydrogen-bond donors (Lipinski definition) is 2. The lowest BCUT2D eigenvalue weighted by Gasteiger charge is -2.24. The van der Waals surface area contributed by atoms with Crippen LogP contribution < -0.4 is 10.6 Å². The van der Waals surface area contributed by atoms with Crippen molar-refractivity contribution in [1.82, 2.24) is 15.3 Å². The van der Waals surface area contributed by atoms with Crippen LogP contribution in [0.2, 0.25) is 5.02 Å². The van der Waals surface area contributed by atoms with Crippen molar-refractivity contribution in [2.24, 2.45) is 0 Å². The summed E-state index contributed by atoms with van der Waals surface area (Å²) >= 11 is 6.23. The first kappa shape index (κ1) is 11.6. The van der Waals surface area contributed by atoms with Gasteiger partial charge in [0.1, 0.15) is 17.2 Å². The fourth-order valence-electron chi connectivity index (χ4n) is 1.91. The number of hydrogen-bond acceptors (Lipinski definition) is 4. The molecular weight excluding hydrogens is 224 g/mol. The van der Waals surface area contributed by atoms with Crippen LogP contribution in [0.5, 0.6) is 0 Å². The SMILES string of the molecule is CCc1ncnc(NC2CCNCC2)c1Cl. The second-order valence-corrected chi connectivity index (χ2v) is 4.38. The van der Waals surface area contributed by atoms with Crippen LogP contribution in [0.15, 0.2) is 6.33 Å². The molecule has 1 fully saturated rings. The molecule has 0 bridgehead atoms. The Bertz CT molecular complexity index is 350. The van der Waals surface area contributed by atoms with Crippen molar-refractivity contribution in [2.45, 2.75) is 32.2 Å². The third-order valence-corrected chi connectivity index (χ3v) is 3.27. The summed E-state index contributed by atoms with van der Waals surface area (Å²) in [5.41, 5.74) is 0.910. The van der Waals surface area contributed by atoms with Crippen LogP contribution in [-0.2, 0) is 6.42 Å². The van der Waals surface area contributed by atoms with Crippen LogP contribution in [-0.4, -0.2) is 29.1 Å². The van der Waals surface area contributed by atoms with Gasteiger partial charge in [-0.2, -0.15) is 0 Å². The maximum Gasteiger partial charge on any atom is 0.148 e. The summed E-state index contributed by atoms with van der Waals surface area (Å²) in [5.74, 6) is 0.778. The molecule has 4 nitrogen and oxygen atoms in total. The maximum absolute atomic E-state index is 6.23. The molecule has 1 aliphatic heterocycles. The number of rotatable bonds is 3. The van der Waals surface area contributed by atoms with Gasteiger partial charge in [-0.25, -0.2) is 9.97 Å². The first-order chi connectivity index (χ1) is 7.81. The zero-order valence-corrected chi connectivity index (χ0v) is 10.2. The predicted molar refractivity (Wildman–Crippen MR) is 65.9 cm³/mol. The minimum Gasteiger partial charge on any atom is -0.366 e. The van der Waals surface area contributed by atoms with E-state index in [2.05, 4.69) is 20.6 Å². The second kappa shape index (κ2) is 5.46. The van der Waals surface area contributed by atoms with Gasteiger partial charge >= 0.3 is 0 Å². The van der Waals surface area contributed by atoms with Gasteiger partial charge in [-0.1, -0.05) is 18.5 Å². The Hall–Kier alpha value is -0.870. The normalized spacial score (nSPS) is 17.4. The molecule has 1 saturated heterocycles. The minimum atomic E-state index is 0.471. The lowest BCUT2D eigenvalue weighted by atomic mass is 10.1. The van der Waals surface area contributed by atoms with Crippen molar-refractivity contribution in [1.29, 1.82) is 0 Å². The molecule has 88 valence electrons. The number of aryl methyl sites for hydroxylation is 1. The minimum absolute atomic E-state index is 0.471. The van der Waals surface area contributed by atoms with E-state index in [0.29, 0.717) is 11.1 Å². The lowest BCUT2D eigenvalue weighted by Crippen LogP contribution is -2.35. The summed E-state index contributed by atoms with van der Waals surface area (Å²) in [6.07, 6.45) is 4.64. The van der Waals surface area contributed by atoms with Gasteiger partial charge in [0.25, 0.3) is 0 Å². The van der Waals surface area contributed by atoms with Gasteiger partial charge < -0.3 is 10.6 Å². The van der Waals surface area contributed by atoms with Crippen LogP contribution in [0.25, 0.3) is 0 Å². The topological polar surface area (TPSA) is 49.8 Å². The van der Waals surface area contributed by atoms with E-state index in [1.54, 1.807) is 6.33 Å². The first-order valence-electron chi connectivity index (χ1n) is 5.78. The quantitative estimate of drug-likeness (QED) is 0.847. The molecule has 2 heterocycles. The van der Waals surface area contributed by atoms with Crippen LogP contribution >= 0.6 is 11.6 Å². The Balaban J connectivity index is 2.08. The highest BCUT2D eigenvalue weighted by Gasteiger charge is 2.15. The standard InChI is InChI=1S/C11H17ClN4/c1-2-9-10(12)11(15-7-14-9)16-8-3-5-13-6-4-8/h7-8,13H,2-6H2,1H3,(H,14,15,16). The van der Waals surface area contributed by atoms with E-state index in [0.717, 1.165) is 43.9 Å². The molecule has 0 unspecified atom stereocenters. The van der Waals surface area contributed by atoms with E-state index in [4.69, 9.17) is 11.6 Å². The molecule has 0 amide bonds. The Kier molecular flexibility index (Phi) is 3.96. The van der Waals surface area contributed by atoms with Gasteiger partial charge in [0, 0.05) is 6.04 Å². The number of piperidine rings is 1. The second-order valence-electron chi connectivity index (χ2n) is 4.01. The van der Waals surface area contributed by atoms with E-state index in [9.17, 15) is 0 Å². The molecule has 1 aromatic heterocycles. The third-order valence-electron chi connectivity index (χ3n) is 2.88. The van der Waals surface area contributed by atoms with Gasteiger partial charge in [0.2, 0.25) is 0 Å². The number of aromatic nitrogens is 2. The van der Waals surface area contributed by atoms with Crippen molar-refractivity contribution < 1.29 is 0 Å². The highest BCUT2D eigenvalue weighted by Crippen LogP contribution is 2.23. The van der Waals surface area contributed by atoms with Gasteiger partial charge in [-0.15, -0.1) is 0 Å². The fourth-order valence-corrected chi connectivity index (χ4v) is 2.20. The van der Waals surface area contributed by atoms with Crippen LogP contribution in [0.3, 0.4) is 0 Å². The Morgan fingerprint density at radius 1 is 1.44 bits per heavy atom. The lowest BCUT2D eigenvalue weighted by molar-refractivity contribution is 0.478. The van der Waals surface area contributed by atoms with Crippen molar-refractivity contribution in [3.05, 3.63) is 17.0 Å². The van der Waals surface area contributed by atoms with Crippen LogP contribution in [0.1, 0.15) is 25.5 Å². The average molecular weight is 241 g/mol. The molecule has 0 atom stereocenters. The van der Waals surface area contributed by atoms with Gasteiger partial charge in [0.15, 0.2) is 0 Å². The molecule has 0 aliphatic carbocycles. The van der Waals surface area contributed by atoms with Crippen molar-refractivity contribution in [3.8, 4) is 0 Å². The van der Waals surface area contributed by atoms with Gasteiger partial charge in [-0.3, -0.25) is 0 Å². The van der Waals surface area contributed by atoms with E-state index in [-0.39, 0.29) is 0 Å². The van der Waals surface area contributed by atoms with E-state index in [1.165, 1.54) is 0 Å². The molecular formula is C11H17ClN4. The Labute approximate surface area is 101 Å². The summed E-state index contributed by atoms with van der Waals surface area (Å²) in [4.78, 5) is 8.36. The number of anilines is 1. The molecule has 0 radical (unpaired) electrons. The zero-order valence-electron chi connectivity index (χ0n) is 9.46. The molecule has 0 saturated carbocycles. The van der Waals surface area contributed by atoms with E-state index in [1.807, 2.05) is 6.92 Å². The Morgan fingerprint density at radius 3 is 2.88 bits per heavy atom. The van der Waals surface area contributed by atoms with Crippen LogP contribution in [0.4, 0.5) is 5.82 Å². The van der Waals surface area contributed by atoms with Crippen LogP contribution in [0, 0.1) is 0 Å². The molecule has 1 aliphatic rings. The average Bonchev–Trinajstić information content (AvgIpc) is 2.33. The van der Waals surface area contributed by atoms with Crippen molar-refractivity contribution in [2.75, 3.05) is 18.4 Å². The molecule has 2 rings (SSSR count). The van der Waals surface area contributed by atoms with Crippen molar-refractivity contribution in [3.63, 3.8) is 0 Å². The molecule has 1 aromatic rings. The monoisotopic (exact) mass is 240 g/mol. The first-order valence-corrected chi connectivity index (χ1v) is 6.15. The molecule has 0 aromatic carbocycles. The van der Waals surface area contributed by atoms with Gasteiger partial charge in [-0.05, 0) is 32.4 Å². The summed E-state index contributed by atoms with van der Waals surface area (Å²) in [5, 5.41) is 7.40. The highest BCUT2D eigenvalue weighted by molar-refractivity contribution is 6.33. The molecule has 16 heavy (non-hydrogen) atoms. The molecule has 5 heteroatoms. The highest BCUT2D eigenvalue weighted by atomic mass is 35.5. The summed E-state index contributed by atoms with van der Waals surface area (Å²) < 4.78 is 0. The third kappa shape index (κ3) is 2.62. The fraction of sp³-hybridized carbons (Fsp3) is 0.636. The van der Waals surface area contributed by atoms with E-state index < -0.39 is 0 Å². The van der Waals surface area contributed by atoms with E-state index >= 15 is 0 Å². The number of nitrogens with one attached hydrogen (secondary N) is 2. The molecule has 0 spiro atoms. The summed E-state index contributed by atoms with van der Waals surface area (Å²) in [7, 11) is 0. The largest absolute Gasteiger partial charge is 0.366 e. The summed E-state index contributed by atoms with van der Waals surface area (Å²) in [6, 6.07) is 0.471. The maximum atomic E-state index is 6.23. The predicted octanol–water partition coefficient (Wildman–Crippen LogP) is 1.86. The molecule has 2 N–H and O–H groups in total. The number of nitrogens with zero attached hydrogens (tertiary/aromatic N) is 2. The van der Waals surface area contributed by atoms with Gasteiger partial charge in [0.05, 0.1) is 5.69 Å².